The number of benzene rings is 1. The minimum atomic E-state index is 0.519. The highest BCUT2D eigenvalue weighted by atomic mass is 15.2. The Morgan fingerprint density at radius 3 is 2.47 bits per heavy atom. The molecule has 1 unspecified atom stereocenters. The molecule has 0 saturated carbocycles. The Morgan fingerprint density at radius 1 is 1.16 bits per heavy atom. The van der Waals surface area contributed by atoms with Crippen LogP contribution in [0.4, 0.5) is 5.69 Å². The van der Waals surface area contributed by atoms with Crippen molar-refractivity contribution in [3.63, 3.8) is 0 Å². The summed E-state index contributed by atoms with van der Waals surface area (Å²) in [5, 5.41) is 0. The first-order valence-electron chi connectivity index (χ1n) is 7.51. The van der Waals surface area contributed by atoms with Crippen LogP contribution in [0.3, 0.4) is 0 Å². The topological polar surface area (TPSA) is 32.5 Å². The van der Waals surface area contributed by atoms with E-state index in [1.54, 1.807) is 0 Å². The first-order chi connectivity index (χ1) is 9.31. The van der Waals surface area contributed by atoms with Gasteiger partial charge in [-0.2, -0.15) is 0 Å². The first-order valence-corrected chi connectivity index (χ1v) is 7.51. The largest absolute Gasteiger partial charge is 0.370 e. The van der Waals surface area contributed by atoms with Gasteiger partial charge in [-0.05, 0) is 51.0 Å². The standard InChI is InChI=1S/C16H27N3/c1-18(15-8-4-2-5-9-15)16(10-11-17)14-19-12-6-3-7-13-19/h2,4-5,8-9,16H,3,6-7,10-14,17H2,1H3. The molecule has 3 heteroatoms. The van der Waals surface area contributed by atoms with E-state index in [1.165, 1.54) is 38.0 Å². The fourth-order valence-electron chi connectivity index (χ4n) is 2.91. The van der Waals surface area contributed by atoms with Gasteiger partial charge in [0.1, 0.15) is 0 Å². The highest BCUT2D eigenvalue weighted by Gasteiger charge is 2.19. The van der Waals surface area contributed by atoms with Crippen LogP contribution < -0.4 is 10.6 Å². The molecule has 2 N–H and O–H groups in total. The van der Waals surface area contributed by atoms with Gasteiger partial charge in [-0.25, -0.2) is 0 Å². The smallest absolute Gasteiger partial charge is 0.0425 e. The van der Waals surface area contributed by atoms with Gasteiger partial charge in [0.05, 0.1) is 0 Å². The van der Waals surface area contributed by atoms with E-state index in [2.05, 4.69) is 47.2 Å². The van der Waals surface area contributed by atoms with E-state index in [9.17, 15) is 0 Å². The molecule has 1 aromatic carbocycles. The Hall–Kier alpha value is -1.06. The molecule has 2 rings (SSSR count). The van der Waals surface area contributed by atoms with Crippen molar-refractivity contribution < 1.29 is 0 Å². The van der Waals surface area contributed by atoms with E-state index in [-0.39, 0.29) is 0 Å². The molecule has 0 aromatic heterocycles. The van der Waals surface area contributed by atoms with E-state index < -0.39 is 0 Å². The van der Waals surface area contributed by atoms with Crippen molar-refractivity contribution in [1.82, 2.24) is 4.90 Å². The zero-order valence-electron chi connectivity index (χ0n) is 12.1. The van der Waals surface area contributed by atoms with Crippen molar-refractivity contribution in [3.8, 4) is 0 Å². The van der Waals surface area contributed by atoms with E-state index >= 15 is 0 Å². The molecule has 1 aromatic rings. The molecule has 0 aliphatic carbocycles. The monoisotopic (exact) mass is 261 g/mol. The lowest BCUT2D eigenvalue weighted by atomic mass is 10.1. The van der Waals surface area contributed by atoms with Crippen LogP contribution in [0.2, 0.25) is 0 Å². The average Bonchev–Trinajstić information content (AvgIpc) is 2.48. The summed E-state index contributed by atoms with van der Waals surface area (Å²) in [6.45, 7) is 4.41. The molecule has 0 bridgehead atoms. The van der Waals surface area contributed by atoms with Crippen LogP contribution in [0.15, 0.2) is 30.3 Å². The van der Waals surface area contributed by atoms with Gasteiger partial charge in [0, 0.05) is 25.3 Å². The molecule has 1 fully saturated rings. The van der Waals surface area contributed by atoms with E-state index in [0.717, 1.165) is 19.5 Å². The van der Waals surface area contributed by atoms with Gasteiger partial charge in [0.15, 0.2) is 0 Å². The van der Waals surface area contributed by atoms with Crippen LogP contribution in [0.1, 0.15) is 25.7 Å². The zero-order chi connectivity index (χ0) is 13.5. The average molecular weight is 261 g/mol. The van der Waals surface area contributed by atoms with Gasteiger partial charge in [-0.3, -0.25) is 0 Å². The van der Waals surface area contributed by atoms with Crippen LogP contribution in [0.5, 0.6) is 0 Å². The van der Waals surface area contributed by atoms with Gasteiger partial charge < -0.3 is 15.5 Å². The third kappa shape index (κ3) is 4.22. The number of piperidine rings is 1. The maximum atomic E-state index is 5.81. The van der Waals surface area contributed by atoms with Crippen molar-refractivity contribution in [1.29, 1.82) is 0 Å². The number of nitrogens with zero attached hydrogens (tertiary/aromatic N) is 2. The van der Waals surface area contributed by atoms with E-state index in [4.69, 9.17) is 5.73 Å². The molecule has 1 heterocycles. The van der Waals surface area contributed by atoms with Crippen LogP contribution in [0.25, 0.3) is 0 Å². The number of hydrogen-bond acceptors (Lipinski definition) is 3. The number of para-hydroxylation sites is 1. The lowest BCUT2D eigenvalue weighted by Gasteiger charge is -2.36. The molecule has 0 amide bonds. The van der Waals surface area contributed by atoms with Gasteiger partial charge in [-0.15, -0.1) is 0 Å². The number of nitrogens with two attached hydrogens (primary N) is 1. The minimum absolute atomic E-state index is 0.519. The summed E-state index contributed by atoms with van der Waals surface area (Å²) in [4.78, 5) is 4.99. The third-order valence-electron chi connectivity index (χ3n) is 4.13. The molecule has 1 aliphatic rings. The van der Waals surface area contributed by atoms with Crippen molar-refractivity contribution in [2.75, 3.05) is 38.1 Å². The van der Waals surface area contributed by atoms with E-state index in [0.29, 0.717) is 6.04 Å². The van der Waals surface area contributed by atoms with Crippen molar-refractivity contribution in [3.05, 3.63) is 30.3 Å². The van der Waals surface area contributed by atoms with Crippen LogP contribution >= 0.6 is 0 Å². The Balaban J connectivity index is 1.97. The maximum Gasteiger partial charge on any atom is 0.0425 e. The number of hydrogen-bond donors (Lipinski definition) is 1. The Morgan fingerprint density at radius 2 is 1.84 bits per heavy atom. The molecular weight excluding hydrogens is 234 g/mol. The molecule has 1 saturated heterocycles. The van der Waals surface area contributed by atoms with Gasteiger partial charge in [0.25, 0.3) is 0 Å². The van der Waals surface area contributed by atoms with Crippen LogP contribution in [0, 0.1) is 0 Å². The Labute approximate surface area is 117 Å². The second-order valence-corrected chi connectivity index (χ2v) is 5.54. The fourth-order valence-corrected chi connectivity index (χ4v) is 2.91. The molecular formula is C16H27N3. The van der Waals surface area contributed by atoms with Gasteiger partial charge in [-0.1, -0.05) is 24.6 Å². The molecule has 0 radical (unpaired) electrons. The van der Waals surface area contributed by atoms with Crippen molar-refractivity contribution >= 4 is 5.69 Å². The summed E-state index contributed by atoms with van der Waals surface area (Å²) >= 11 is 0. The Kier molecular flexibility index (Phi) is 5.67. The predicted molar refractivity (Wildman–Crippen MR) is 82.6 cm³/mol. The summed E-state index contributed by atoms with van der Waals surface area (Å²) in [7, 11) is 2.19. The summed E-state index contributed by atoms with van der Waals surface area (Å²) in [5.41, 5.74) is 7.10. The SMILES string of the molecule is CN(c1ccccc1)C(CCN)CN1CCCCC1. The number of anilines is 1. The zero-order valence-corrected chi connectivity index (χ0v) is 12.1. The highest BCUT2D eigenvalue weighted by Crippen LogP contribution is 2.18. The summed E-state index contributed by atoms with van der Waals surface area (Å²) < 4.78 is 0. The van der Waals surface area contributed by atoms with Gasteiger partial charge in [0.2, 0.25) is 0 Å². The van der Waals surface area contributed by atoms with Crippen LogP contribution in [-0.2, 0) is 0 Å². The van der Waals surface area contributed by atoms with Gasteiger partial charge >= 0.3 is 0 Å². The normalized spacial score (nSPS) is 18.2. The number of likely N-dealkylation sites (tertiary alicyclic amines) is 1. The molecule has 106 valence electrons. The molecule has 1 atom stereocenters. The lowest BCUT2D eigenvalue weighted by molar-refractivity contribution is 0.212. The number of rotatable bonds is 6. The summed E-state index contributed by atoms with van der Waals surface area (Å²) in [6.07, 6.45) is 5.16. The van der Waals surface area contributed by atoms with Crippen molar-refractivity contribution in [2.45, 2.75) is 31.7 Å². The fraction of sp³-hybridized carbons (Fsp3) is 0.625. The van der Waals surface area contributed by atoms with E-state index in [1.807, 2.05) is 0 Å². The Bertz CT molecular complexity index is 346. The predicted octanol–water partition coefficient (Wildman–Crippen LogP) is 2.33. The molecule has 3 nitrogen and oxygen atoms in total. The van der Waals surface area contributed by atoms with Crippen molar-refractivity contribution in [2.24, 2.45) is 5.73 Å². The molecule has 0 spiro atoms. The molecule has 1 aliphatic heterocycles. The summed E-state index contributed by atoms with van der Waals surface area (Å²) in [5.74, 6) is 0. The number of likely N-dealkylation sites (N-methyl/N-ethyl adjacent to an activating group) is 1. The highest BCUT2D eigenvalue weighted by molar-refractivity contribution is 5.46. The second-order valence-electron chi connectivity index (χ2n) is 5.54. The first kappa shape index (κ1) is 14.4. The third-order valence-corrected chi connectivity index (χ3v) is 4.13. The maximum absolute atomic E-state index is 5.81. The second kappa shape index (κ2) is 7.51. The summed E-state index contributed by atoms with van der Waals surface area (Å²) in [6, 6.07) is 11.2. The molecule has 19 heavy (non-hydrogen) atoms. The van der Waals surface area contributed by atoms with Crippen LogP contribution in [-0.4, -0.2) is 44.2 Å². The lowest BCUT2D eigenvalue weighted by Crippen LogP contribution is -2.45. The quantitative estimate of drug-likeness (QED) is 0.853. The minimum Gasteiger partial charge on any atom is -0.370 e.